The van der Waals surface area contributed by atoms with E-state index < -0.39 is 11.7 Å². The number of aryl methyl sites for hydroxylation is 1. The zero-order valence-electron chi connectivity index (χ0n) is 16.8. The summed E-state index contributed by atoms with van der Waals surface area (Å²) in [6.07, 6.45) is 4.60. The van der Waals surface area contributed by atoms with Crippen molar-refractivity contribution in [2.24, 2.45) is 0 Å². The molecule has 3 aromatic rings. The van der Waals surface area contributed by atoms with Gasteiger partial charge in [0.15, 0.2) is 0 Å². The molecule has 0 saturated carbocycles. The van der Waals surface area contributed by atoms with Crippen molar-refractivity contribution >= 4 is 0 Å². The molecule has 0 amide bonds. The Bertz CT molecular complexity index is 990. The lowest BCUT2D eigenvalue weighted by Gasteiger charge is -2.31. The van der Waals surface area contributed by atoms with Crippen LogP contribution in [0.4, 0.5) is 13.2 Å². The highest BCUT2D eigenvalue weighted by atomic mass is 19.4. The minimum Gasteiger partial charge on any atom is -0.334 e. The molecule has 2 aromatic heterocycles. The van der Waals surface area contributed by atoms with E-state index in [0.717, 1.165) is 62.7 Å². The summed E-state index contributed by atoms with van der Waals surface area (Å²) >= 11 is 0. The molecule has 0 unspecified atom stereocenters. The number of piperidine rings is 1. The molecule has 1 aliphatic rings. The Balaban J connectivity index is 1.44. The second-order valence-corrected chi connectivity index (χ2v) is 7.59. The summed E-state index contributed by atoms with van der Waals surface area (Å²) in [5.41, 5.74) is 1.08. The molecule has 0 atom stereocenters. The van der Waals surface area contributed by atoms with Gasteiger partial charge in [-0.15, -0.1) is 0 Å². The van der Waals surface area contributed by atoms with Crippen molar-refractivity contribution in [1.82, 2.24) is 24.4 Å². The number of aromatic nitrogens is 4. The zero-order chi connectivity index (χ0) is 21.1. The maximum absolute atomic E-state index is 13.0. The third-order valence-corrected chi connectivity index (χ3v) is 5.65. The van der Waals surface area contributed by atoms with Gasteiger partial charge in [0.25, 0.3) is 0 Å². The molecule has 158 valence electrons. The van der Waals surface area contributed by atoms with Crippen molar-refractivity contribution < 1.29 is 13.2 Å². The molecule has 1 aromatic carbocycles. The lowest BCUT2D eigenvalue weighted by molar-refractivity contribution is -0.137. The highest BCUT2D eigenvalue weighted by molar-refractivity contribution is 5.59. The summed E-state index contributed by atoms with van der Waals surface area (Å²) in [7, 11) is 0. The average molecular weight is 415 g/mol. The quantitative estimate of drug-likeness (QED) is 0.603. The highest BCUT2D eigenvalue weighted by Gasteiger charge is 2.30. The number of rotatable bonds is 5. The first-order chi connectivity index (χ1) is 14.4. The molecule has 0 bridgehead atoms. The van der Waals surface area contributed by atoms with Gasteiger partial charge >= 0.3 is 6.18 Å². The van der Waals surface area contributed by atoms with Crippen LogP contribution in [-0.4, -0.2) is 37.5 Å². The van der Waals surface area contributed by atoms with E-state index in [4.69, 9.17) is 0 Å². The Morgan fingerprint density at radius 2 is 1.93 bits per heavy atom. The van der Waals surface area contributed by atoms with E-state index >= 15 is 0 Å². The minimum atomic E-state index is -4.37. The van der Waals surface area contributed by atoms with Crippen molar-refractivity contribution in [3.63, 3.8) is 0 Å². The van der Waals surface area contributed by atoms with E-state index in [1.54, 1.807) is 12.3 Å². The Morgan fingerprint density at radius 3 is 2.67 bits per heavy atom. The number of alkyl halides is 3. The summed E-state index contributed by atoms with van der Waals surface area (Å²) in [6.45, 7) is 5.69. The largest absolute Gasteiger partial charge is 0.416 e. The summed E-state index contributed by atoms with van der Waals surface area (Å²) < 4.78 is 41.2. The zero-order valence-corrected chi connectivity index (χ0v) is 16.8. The number of nitrogens with zero attached hydrogens (tertiary/aromatic N) is 5. The predicted molar refractivity (Wildman–Crippen MR) is 108 cm³/mol. The SMILES string of the molecule is CCn1ccnc1CN1CCC(c2cncc(-c3cccc(C(F)(F)F)c3)n2)CC1. The normalized spacial score (nSPS) is 16.1. The van der Waals surface area contributed by atoms with Crippen LogP contribution in [0, 0.1) is 0 Å². The van der Waals surface area contributed by atoms with Gasteiger partial charge in [0.05, 0.1) is 29.7 Å². The molecule has 0 aliphatic carbocycles. The van der Waals surface area contributed by atoms with Crippen LogP contribution in [0.25, 0.3) is 11.3 Å². The number of hydrogen-bond acceptors (Lipinski definition) is 4. The summed E-state index contributed by atoms with van der Waals surface area (Å²) in [5, 5.41) is 0. The van der Waals surface area contributed by atoms with Crippen molar-refractivity contribution in [3.8, 4) is 11.3 Å². The maximum Gasteiger partial charge on any atom is 0.416 e. The van der Waals surface area contributed by atoms with E-state index in [1.165, 1.54) is 12.3 Å². The number of benzene rings is 1. The molecule has 4 rings (SSSR count). The van der Waals surface area contributed by atoms with Crippen LogP contribution >= 0.6 is 0 Å². The first-order valence-corrected chi connectivity index (χ1v) is 10.2. The summed E-state index contributed by atoms with van der Waals surface area (Å²) in [6, 6.07) is 5.25. The van der Waals surface area contributed by atoms with Crippen LogP contribution in [0.5, 0.6) is 0 Å². The monoisotopic (exact) mass is 415 g/mol. The molecule has 1 saturated heterocycles. The molecule has 3 heterocycles. The smallest absolute Gasteiger partial charge is 0.334 e. The van der Waals surface area contributed by atoms with Gasteiger partial charge < -0.3 is 4.57 Å². The van der Waals surface area contributed by atoms with Crippen LogP contribution in [0.3, 0.4) is 0 Å². The van der Waals surface area contributed by atoms with Gasteiger partial charge in [0.1, 0.15) is 5.82 Å². The standard InChI is InChI=1S/C22H24F3N5/c1-2-30-11-8-27-21(30)15-29-9-6-16(7-10-29)19-13-26-14-20(28-19)17-4-3-5-18(12-17)22(23,24)25/h3-5,8,11-14,16H,2,6-7,9-10,15H2,1H3. The fourth-order valence-corrected chi connectivity index (χ4v) is 3.94. The number of halogens is 3. The summed E-state index contributed by atoms with van der Waals surface area (Å²) in [4.78, 5) is 15.7. The van der Waals surface area contributed by atoms with Gasteiger partial charge in [0.2, 0.25) is 0 Å². The van der Waals surface area contributed by atoms with Gasteiger partial charge in [0, 0.05) is 36.6 Å². The molecule has 30 heavy (non-hydrogen) atoms. The molecule has 1 aliphatic heterocycles. The number of imidazole rings is 1. The molecule has 0 spiro atoms. The van der Waals surface area contributed by atoms with E-state index in [2.05, 4.69) is 31.3 Å². The van der Waals surface area contributed by atoms with E-state index in [0.29, 0.717) is 11.3 Å². The van der Waals surface area contributed by atoms with Gasteiger partial charge in [-0.2, -0.15) is 13.2 Å². The first kappa shape index (κ1) is 20.5. The minimum absolute atomic E-state index is 0.255. The Labute approximate surface area is 173 Å². The van der Waals surface area contributed by atoms with Crippen molar-refractivity contribution in [2.75, 3.05) is 13.1 Å². The molecular weight excluding hydrogens is 391 g/mol. The van der Waals surface area contributed by atoms with Crippen LogP contribution in [-0.2, 0) is 19.3 Å². The fourth-order valence-electron chi connectivity index (χ4n) is 3.94. The Hall–Kier alpha value is -2.74. The third kappa shape index (κ3) is 4.53. The maximum atomic E-state index is 13.0. The van der Waals surface area contributed by atoms with Crippen molar-refractivity contribution in [1.29, 1.82) is 0 Å². The lowest BCUT2D eigenvalue weighted by Crippen LogP contribution is -2.33. The lowest BCUT2D eigenvalue weighted by atomic mass is 9.93. The van der Waals surface area contributed by atoms with Gasteiger partial charge in [-0.25, -0.2) is 9.97 Å². The topological polar surface area (TPSA) is 46.8 Å². The third-order valence-electron chi connectivity index (χ3n) is 5.65. The second kappa shape index (κ2) is 8.55. The number of likely N-dealkylation sites (tertiary alicyclic amines) is 1. The first-order valence-electron chi connectivity index (χ1n) is 10.2. The summed E-state index contributed by atoms with van der Waals surface area (Å²) in [5.74, 6) is 1.33. The van der Waals surface area contributed by atoms with Gasteiger partial charge in [-0.1, -0.05) is 12.1 Å². The van der Waals surface area contributed by atoms with E-state index in [-0.39, 0.29) is 5.92 Å². The fraction of sp³-hybridized carbons (Fsp3) is 0.409. The predicted octanol–water partition coefficient (Wildman–Crippen LogP) is 4.76. The Morgan fingerprint density at radius 1 is 1.13 bits per heavy atom. The van der Waals surface area contributed by atoms with Crippen LogP contribution in [0.15, 0.2) is 49.1 Å². The van der Waals surface area contributed by atoms with Gasteiger partial charge in [-0.05, 0) is 45.0 Å². The molecular formula is C22H24F3N5. The molecule has 1 fully saturated rings. The van der Waals surface area contributed by atoms with Crippen molar-refractivity contribution in [3.05, 3.63) is 66.1 Å². The molecule has 0 radical (unpaired) electrons. The van der Waals surface area contributed by atoms with E-state index in [1.807, 2.05) is 12.4 Å². The average Bonchev–Trinajstić information content (AvgIpc) is 3.21. The van der Waals surface area contributed by atoms with Crippen molar-refractivity contribution in [2.45, 2.75) is 44.9 Å². The van der Waals surface area contributed by atoms with Crippen LogP contribution in [0.2, 0.25) is 0 Å². The molecule has 0 N–H and O–H groups in total. The van der Waals surface area contributed by atoms with Crippen LogP contribution in [0.1, 0.15) is 42.8 Å². The molecule has 5 nitrogen and oxygen atoms in total. The molecule has 8 heteroatoms. The second-order valence-electron chi connectivity index (χ2n) is 7.59. The van der Waals surface area contributed by atoms with Gasteiger partial charge in [-0.3, -0.25) is 9.88 Å². The number of hydrogen-bond donors (Lipinski definition) is 0. The highest BCUT2D eigenvalue weighted by Crippen LogP contribution is 2.32. The Kier molecular flexibility index (Phi) is 5.85. The van der Waals surface area contributed by atoms with Crippen LogP contribution < -0.4 is 0 Å². The van der Waals surface area contributed by atoms with E-state index in [9.17, 15) is 13.2 Å².